The third kappa shape index (κ3) is 5.34. The lowest BCUT2D eigenvalue weighted by Crippen LogP contribution is -2.06. The third-order valence-electron chi connectivity index (χ3n) is 5.05. The Balaban J connectivity index is 1.55. The van der Waals surface area contributed by atoms with Crippen LogP contribution in [0.3, 0.4) is 0 Å². The van der Waals surface area contributed by atoms with E-state index in [4.69, 9.17) is 27.9 Å². The fraction of sp³-hybridized carbons (Fsp3) is 0.115. The molecule has 0 saturated heterocycles. The number of hydrogen-bond acceptors (Lipinski definition) is 3. The number of fused-ring (bicyclic) bond motifs is 1. The van der Waals surface area contributed by atoms with Crippen molar-refractivity contribution in [2.75, 3.05) is 10.6 Å². The number of hydrogen-bond donors (Lipinski definition) is 2. The van der Waals surface area contributed by atoms with Gasteiger partial charge in [-0.3, -0.25) is 4.79 Å². The van der Waals surface area contributed by atoms with Crippen molar-refractivity contribution < 1.29 is 9.53 Å². The predicted octanol–water partition coefficient (Wildman–Crippen LogP) is 7.30. The van der Waals surface area contributed by atoms with Gasteiger partial charge in [0.25, 0.3) is 0 Å². The number of ether oxygens (including phenoxy) is 1. The van der Waals surface area contributed by atoms with Crippen molar-refractivity contribution in [1.82, 2.24) is 0 Å². The van der Waals surface area contributed by atoms with E-state index in [9.17, 15) is 4.79 Å². The SMILES string of the molecule is CC(=O)Nc1ccc(NCc2c(OCc3ccc(Cl)c(Cl)c3)ccc3ccccc23)cc1. The summed E-state index contributed by atoms with van der Waals surface area (Å²) in [6.45, 7) is 2.46. The van der Waals surface area contributed by atoms with Crippen LogP contribution in [0.1, 0.15) is 18.1 Å². The summed E-state index contributed by atoms with van der Waals surface area (Å²) in [6, 6.07) is 25.4. The van der Waals surface area contributed by atoms with Gasteiger partial charge in [-0.1, -0.05) is 59.6 Å². The zero-order valence-electron chi connectivity index (χ0n) is 17.5. The summed E-state index contributed by atoms with van der Waals surface area (Å²) in [4.78, 5) is 11.2. The Morgan fingerprint density at radius 1 is 0.875 bits per heavy atom. The zero-order valence-corrected chi connectivity index (χ0v) is 19.0. The summed E-state index contributed by atoms with van der Waals surface area (Å²) in [5.74, 6) is 0.711. The highest BCUT2D eigenvalue weighted by Crippen LogP contribution is 2.30. The van der Waals surface area contributed by atoms with Crippen molar-refractivity contribution in [2.45, 2.75) is 20.1 Å². The normalized spacial score (nSPS) is 10.7. The molecule has 6 heteroatoms. The molecule has 0 spiro atoms. The molecule has 0 aliphatic carbocycles. The molecule has 0 saturated carbocycles. The van der Waals surface area contributed by atoms with Crippen LogP contribution in [-0.2, 0) is 17.9 Å². The Kier molecular flexibility index (Phi) is 6.84. The van der Waals surface area contributed by atoms with E-state index in [1.807, 2.05) is 54.6 Å². The number of carbonyl (C=O) groups excluding carboxylic acids is 1. The molecule has 4 nitrogen and oxygen atoms in total. The van der Waals surface area contributed by atoms with Gasteiger partial charge < -0.3 is 15.4 Å². The van der Waals surface area contributed by atoms with Crippen LogP contribution < -0.4 is 15.4 Å². The van der Waals surface area contributed by atoms with Crippen molar-refractivity contribution in [3.05, 3.63) is 100 Å². The average Bonchev–Trinajstić information content (AvgIpc) is 2.79. The van der Waals surface area contributed by atoms with Gasteiger partial charge in [-0.2, -0.15) is 0 Å². The molecule has 1 amide bonds. The monoisotopic (exact) mass is 464 g/mol. The van der Waals surface area contributed by atoms with E-state index in [0.717, 1.165) is 39.0 Å². The summed E-state index contributed by atoms with van der Waals surface area (Å²) in [5.41, 5.74) is 3.72. The summed E-state index contributed by atoms with van der Waals surface area (Å²) < 4.78 is 6.19. The van der Waals surface area contributed by atoms with Crippen molar-refractivity contribution in [3.63, 3.8) is 0 Å². The number of carbonyl (C=O) groups is 1. The summed E-state index contributed by atoms with van der Waals surface area (Å²) in [6.07, 6.45) is 0. The quantitative estimate of drug-likeness (QED) is 0.301. The van der Waals surface area contributed by atoms with E-state index in [2.05, 4.69) is 28.8 Å². The van der Waals surface area contributed by atoms with E-state index in [1.165, 1.54) is 6.92 Å². The second-order valence-corrected chi connectivity index (χ2v) is 8.23. The van der Waals surface area contributed by atoms with Crippen molar-refractivity contribution in [1.29, 1.82) is 0 Å². The minimum absolute atomic E-state index is 0.0924. The maximum atomic E-state index is 11.2. The summed E-state index contributed by atoms with van der Waals surface area (Å²) in [5, 5.41) is 9.54. The Labute approximate surface area is 197 Å². The number of nitrogens with one attached hydrogen (secondary N) is 2. The Bertz CT molecular complexity index is 1260. The topological polar surface area (TPSA) is 50.4 Å². The van der Waals surface area contributed by atoms with Crippen molar-refractivity contribution in [3.8, 4) is 5.75 Å². The fourth-order valence-corrected chi connectivity index (χ4v) is 3.81. The highest BCUT2D eigenvalue weighted by Gasteiger charge is 2.10. The standard InChI is InChI=1S/C26H22Cl2N2O2/c1-17(31)30-21-10-8-20(9-11-21)29-15-23-22-5-3-2-4-19(22)7-13-26(23)32-16-18-6-12-24(27)25(28)14-18/h2-14,29H,15-16H2,1H3,(H,30,31). The second kappa shape index (κ2) is 9.94. The molecule has 4 aromatic rings. The van der Waals surface area contributed by atoms with Gasteiger partial charge in [0.1, 0.15) is 12.4 Å². The van der Waals surface area contributed by atoms with Gasteiger partial charge in [0.2, 0.25) is 5.91 Å². The molecular weight excluding hydrogens is 443 g/mol. The van der Waals surface area contributed by atoms with Gasteiger partial charge >= 0.3 is 0 Å². The molecule has 0 unspecified atom stereocenters. The van der Waals surface area contributed by atoms with Crippen LogP contribution in [0.4, 0.5) is 11.4 Å². The first-order valence-corrected chi connectivity index (χ1v) is 10.9. The van der Waals surface area contributed by atoms with Crippen LogP contribution in [0.5, 0.6) is 5.75 Å². The Morgan fingerprint density at radius 3 is 2.38 bits per heavy atom. The number of amides is 1. The van der Waals surface area contributed by atoms with Crippen LogP contribution in [-0.4, -0.2) is 5.91 Å². The molecule has 4 rings (SSSR count). The fourth-order valence-electron chi connectivity index (χ4n) is 3.49. The smallest absolute Gasteiger partial charge is 0.221 e. The molecule has 0 fully saturated rings. The van der Waals surface area contributed by atoms with E-state index in [0.29, 0.717) is 23.2 Å². The molecule has 2 N–H and O–H groups in total. The molecule has 4 aromatic carbocycles. The highest BCUT2D eigenvalue weighted by atomic mass is 35.5. The van der Waals surface area contributed by atoms with Crippen LogP contribution in [0, 0.1) is 0 Å². The first-order valence-electron chi connectivity index (χ1n) is 10.2. The lowest BCUT2D eigenvalue weighted by Gasteiger charge is -2.16. The molecule has 162 valence electrons. The van der Waals surface area contributed by atoms with E-state index in [1.54, 1.807) is 6.07 Å². The number of rotatable bonds is 7. The zero-order chi connectivity index (χ0) is 22.5. The molecule has 0 atom stereocenters. The molecule has 32 heavy (non-hydrogen) atoms. The van der Waals surface area contributed by atoms with E-state index < -0.39 is 0 Å². The summed E-state index contributed by atoms with van der Waals surface area (Å²) >= 11 is 12.2. The lowest BCUT2D eigenvalue weighted by molar-refractivity contribution is -0.114. The molecular formula is C26H22Cl2N2O2. The maximum Gasteiger partial charge on any atom is 0.221 e. The number of benzene rings is 4. The second-order valence-electron chi connectivity index (χ2n) is 7.41. The Hall–Kier alpha value is -3.21. The molecule has 0 radical (unpaired) electrons. The van der Waals surface area contributed by atoms with E-state index in [-0.39, 0.29) is 5.91 Å². The van der Waals surface area contributed by atoms with Gasteiger partial charge in [-0.25, -0.2) is 0 Å². The van der Waals surface area contributed by atoms with Crippen LogP contribution in [0.25, 0.3) is 10.8 Å². The third-order valence-corrected chi connectivity index (χ3v) is 5.79. The number of halogens is 2. The maximum absolute atomic E-state index is 11.2. The van der Waals surface area contributed by atoms with Gasteiger partial charge in [0, 0.05) is 30.4 Å². The van der Waals surface area contributed by atoms with Crippen molar-refractivity contribution >= 4 is 51.3 Å². The molecule has 0 aromatic heterocycles. The van der Waals surface area contributed by atoms with E-state index >= 15 is 0 Å². The predicted molar refractivity (Wildman–Crippen MR) is 133 cm³/mol. The molecule has 0 heterocycles. The molecule has 0 aliphatic heterocycles. The van der Waals surface area contributed by atoms with Gasteiger partial charge in [0.15, 0.2) is 0 Å². The highest BCUT2D eigenvalue weighted by molar-refractivity contribution is 6.42. The number of anilines is 2. The summed E-state index contributed by atoms with van der Waals surface area (Å²) in [7, 11) is 0. The largest absolute Gasteiger partial charge is 0.489 e. The lowest BCUT2D eigenvalue weighted by atomic mass is 10.0. The molecule has 0 aliphatic rings. The van der Waals surface area contributed by atoms with Gasteiger partial charge in [-0.15, -0.1) is 0 Å². The van der Waals surface area contributed by atoms with Crippen LogP contribution in [0.2, 0.25) is 10.0 Å². The average molecular weight is 465 g/mol. The van der Waals surface area contributed by atoms with Gasteiger partial charge in [-0.05, 0) is 58.8 Å². The first-order chi connectivity index (χ1) is 15.5. The van der Waals surface area contributed by atoms with Crippen LogP contribution in [0.15, 0.2) is 78.9 Å². The Morgan fingerprint density at radius 2 is 1.62 bits per heavy atom. The minimum atomic E-state index is -0.0924. The first kappa shape index (κ1) is 22.0. The van der Waals surface area contributed by atoms with Crippen LogP contribution >= 0.6 is 23.2 Å². The van der Waals surface area contributed by atoms with Crippen molar-refractivity contribution in [2.24, 2.45) is 0 Å². The minimum Gasteiger partial charge on any atom is -0.489 e. The van der Waals surface area contributed by atoms with Gasteiger partial charge in [0.05, 0.1) is 10.0 Å². The molecule has 0 bridgehead atoms.